The number of carboxylic acids is 1. The second-order valence-corrected chi connectivity index (χ2v) is 4.74. The number of anilines is 1. The molecule has 0 saturated heterocycles. The molecule has 0 radical (unpaired) electrons. The molecule has 1 aromatic heterocycles. The van der Waals surface area contributed by atoms with E-state index in [1.807, 2.05) is 0 Å². The van der Waals surface area contributed by atoms with Crippen LogP contribution in [-0.2, 0) is 16.1 Å². The number of quaternary nitrogens is 1. The number of hydrogen-bond acceptors (Lipinski definition) is 5. The number of phenolic OH excluding ortho intramolecular Hbond substituents is 1. The van der Waals surface area contributed by atoms with Gasteiger partial charge in [-0.05, 0) is 24.3 Å². The van der Waals surface area contributed by atoms with E-state index < -0.39 is 24.3 Å². The van der Waals surface area contributed by atoms with Crippen molar-refractivity contribution in [1.29, 1.82) is 0 Å². The van der Waals surface area contributed by atoms with Crippen molar-refractivity contribution in [1.82, 2.24) is 0 Å². The van der Waals surface area contributed by atoms with Crippen LogP contribution in [0.5, 0.6) is 5.75 Å². The number of phenols is 1. The summed E-state index contributed by atoms with van der Waals surface area (Å²) >= 11 is 0. The van der Waals surface area contributed by atoms with E-state index in [9.17, 15) is 19.8 Å². The van der Waals surface area contributed by atoms with Gasteiger partial charge in [-0.2, -0.15) is 0 Å². The van der Waals surface area contributed by atoms with Crippen LogP contribution in [0, 0.1) is 0 Å². The summed E-state index contributed by atoms with van der Waals surface area (Å²) in [5, 5.41) is 24.3. The summed E-state index contributed by atoms with van der Waals surface area (Å²) in [7, 11) is 0. The number of nitrogens with two attached hydrogens (primary N) is 1. The number of aromatic hydroxyl groups is 1. The van der Waals surface area contributed by atoms with Crippen LogP contribution in [0.4, 0.5) is 5.69 Å². The Kier molecular flexibility index (Phi) is 5.16. The molecule has 2 rings (SSSR count). The van der Waals surface area contributed by atoms with Crippen molar-refractivity contribution in [2.45, 2.75) is 19.0 Å². The van der Waals surface area contributed by atoms with E-state index >= 15 is 0 Å². The Bertz CT molecular complexity index is 639. The first-order valence-electron chi connectivity index (χ1n) is 6.70. The van der Waals surface area contributed by atoms with Crippen LogP contribution in [-0.4, -0.2) is 23.0 Å². The summed E-state index contributed by atoms with van der Waals surface area (Å²) in [6.45, 7) is 0.332. The van der Waals surface area contributed by atoms with Crippen molar-refractivity contribution in [3.8, 4) is 5.75 Å². The summed E-state index contributed by atoms with van der Waals surface area (Å²) in [5.74, 6) is -1.16. The molecule has 1 heterocycles. The van der Waals surface area contributed by atoms with Gasteiger partial charge in [-0.3, -0.25) is 4.79 Å². The number of nitrogens with one attached hydrogen (secondary N) is 1. The van der Waals surface area contributed by atoms with Crippen LogP contribution in [0.3, 0.4) is 0 Å². The number of furan rings is 1. The van der Waals surface area contributed by atoms with Gasteiger partial charge >= 0.3 is 0 Å². The molecule has 116 valence electrons. The second kappa shape index (κ2) is 7.28. The average molecular weight is 304 g/mol. The molecular weight excluding hydrogens is 288 g/mol. The molecule has 1 aromatic carbocycles. The van der Waals surface area contributed by atoms with Gasteiger partial charge in [0.05, 0.1) is 6.26 Å². The highest BCUT2D eigenvalue weighted by Gasteiger charge is 2.22. The molecule has 0 fully saturated rings. The van der Waals surface area contributed by atoms with E-state index in [1.54, 1.807) is 29.6 Å². The number of carboxylic acid groups (broad SMARTS) is 1. The minimum Gasteiger partial charge on any atom is -0.550 e. The molecule has 1 atom stereocenters. The molecule has 1 amide bonds. The Hall–Kier alpha value is -2.80. The van der Waals surface area contributed by atoms with Gasteiger partial charge in [0.2, 0.25) is 0 Å². The van der Waals surface area contributed by atoms with Gasteiger partial charge in [-0.1, -0.05) is 6.07 Å². The topological polar surface area (TPSA) is 119 Å². The quantitative estimate of drug-likeness (QED) is 0.618. The van der Waals surface area contributed by atoms with E-state index in [2.05, 4.69) is 5.32 Å². The maximum atomic E-state index is 12.2. The molecule has 7 nitrogen and oxygen atoms in total. The lowest BCUT2D eigenvalue weighted by Gasteiger charge is -2.15. The van der Waals surface area contributed by atoms with E-state index in [0.29, 0.717) is 18.0 Å². The van der Waals surface area contributed by atoms with Gasteiger partial charge in [0.25, 0.3) is 5.91 Å². The molecule has 2 aromatic rings. The van der Waals surface area contributed by atoms with Crippen molar-refractivity contribution in [2.75, 3.05) is 5.32 Å². The van der Waals surface area contributed by atoms with Crippen molar-refractivity contribution in [3.05, 3.63) is 48.4 Å². The molecule has 0 aliphatic rings. The SMILES string of the molecule is O=C([O-])C[C@H]([NH2+]Cc1ccco1)C(=O)Nc1cccc(O)c1. The normalized spacial score (nSPS) is 11.8. The van der Waals surface area contributed by atoms with Crippen LogP contribution in [0.2, 0.25) is 0 Å². The second-order valence-electron chi connectivity index (χ2n) is 4.74. The Morgan fingerprint density at radius 3 is 2.77 bits per heavy atom. The average Bonchev–Trinajstić information content (AvgIpc) is 2.96. The first-order valence-corrected chi connectivity index (χ1v) is 6.70. The predicted octanol–water partition coefficient (Wildman–Crippen LogP) is -0.804. The molecule has 0 aliphatic carbocycles. The summed E-state index contributed by atoms with van der Waals surface area (Å²) in [5.41, 5.74) is 0.389. The minimum absolute atomic E-state index is 0.00816. The Morgan fingerprint density at radius 2 is 2.14 bits per heavy atom. The van der Waals surface area contributed by atoms with Gasteiger partial charge in [0, 0.05) is 24.1 Å². The summed E-state index contributed by atoms with van der Waals surface area (Å²) in [4.78, 5) is 23.0. The van der Waals surface area contributed by atoms with Gasteiger partial charge in [-0.15, -0.1) is 0 Å². The lowest BCUT2D eigenvalue weighted by molar-refractivity contribution is -0.693. The first-order chi connectivity index (χ1) is 10.5. The predicted molar refractivity (Wildman–Crippen MR) is 74.5 cm³/mol. The number of hydrogen-bond donors (Lipinski definition) is 3. The van der Waals surface area contributed by atoms with Crippen LogP contribution < -0.4 is 15.7 Å². The van der Waals surface area contributed by atoms with Crippen LogP contribution >= 0.6 is 0 Å². The maximum Gasteiger partial charge on any atom is 0.283 e. The lowest BCUT2D eigenvalue weighted by Crippen LogP contribution is -2.91. The zero-order chi connectivity index (χ0) is 15.9. The molecule has 4 N–H and O–H groups in total. The number of carbonyl (C=O) groups excluding carboxylic acids is 2. The summed E-state index contributed by atoms with van der Waals surface area (Å²) < 4.78 is 5.14. The van der Waals surface area contributed by atoms with Gasteiger partial charge in [0.15, 0.2) is 11.8 Å². The highest BCUT2D eigenvalue weighted by molar-refractivity contribution is 5.95. The lowest BCUT2D eigenvalue weighted by atomic mass is 10.1. The molecule has 0 bridgehead atoms. The molecule has 0 saturated carbocycles. The number of benzene rings is 1. The molecule has 22 heavy (non-hydrogen) atoms. The third kappa shape index (κ3) is 4.64. The number of rotatable bonds is 7. The van der Waals surface area contributed by atoms with Crippen LogP contribution in [0.25, 0.3) is 0 Å². The molecule has 7 heteroatoms. The minimum atomic E-state index is -1.31. The Balaban J connectivity index is 2.00. The smallest absolute Gasteiger partial charge is 0.283 e. The van der Waals surface area contributed by atoms with Crippen molar-refractivity contribution in [3.63, 3.8) is 0 Å². The fourth-order valence-corrected chi connectivity index (χ4v) is 1.97. The van der Waals surface area contributed by atoms with E-state index in [1.165, 1.54) is 18.4 Å². The van der Waals surface area contributed by atoms with Gasteiger partial charge in [0.1, 0.15) is 12.3 Å². The van der Waals surface area contributed by atoms with E-state index in [4.69, 9.17) is 4.42 Å². The maximum absolute atomic E-state index is 12.2. The number of carbonyl (C=O) groups is 2. The Labute approximate surface area is 126 Å². The van der Waals surface area contributed by atoms with Gasteiger partial charge in [-0.25, -0.2) is 0 Å². The number of aliphatic carboxylic acids is 1. The van der Waals surface area contributed by atoms with E-state index in [0.717, 1.165) is 0 Å². The third-order valence-electron chi connectivity index (χ3n) is 3.02. The van der Waals surface area contributed by atoms with Crippen molar-refractivity contribution < 1.29 is 29.5 Å². The zero-order valence-electron chi connectivity index (χ0n) is 11.7. The first kappa shape index (κ1) is 15.6. The highest BCUT2D eigenvalue weighted by atomic mass is 16.4. The molecule has 0 spiro atoms. The van der Waals surface area contributed by atoms with Crippen LogP contribution in [0.1, 0.15) is 12.2 Å². The fraction of sp³-hybridized carbons (Fsp3) is 0.200. The van der Waals surface area contributed by atoms with E-state index in [-0.39, 0.29) is 5.75 Å². The number of amides is 1. The third-order valence-corrected chi connectivity index (χ3v) is 3.02. The monoisotopic (exact) mass is 304 g/mol. The Morgan fingerprint density at radius 1 is 1.32 bits per heavy atom. The summed E-state index contributed by atoms with van der Waals surface area (Å²) in [6.07, 6.45) is 1.08. The molecule has 0 aliphatic heterocycles. The van der Waals surface area contributed by atoms with Gasteiger partial charge < -0.3 is 30.1 Å². The largest absolute Gasteiger partial charge is 0.550 e. The van der Waals surface area contributed by atoms with Crippen molar-refractivity contribution in [2.24, 2.45) is 0 Å². The molecule has 0 unspecified atom stereocenters. The fourth-order valence-electron chi connectivity index (χ4n) is 1.97. The molecular formula is C15H16N2O5. The van der Waals surface area contributed by atoms with Crippen LogP contribution in [0.15, 0.2) is 47.1 Å². The standard InChI is InChI=1S/C15H16N2O5/c18-11-4-1-3-10(7-11)17-15(21)13(8-14(19)20)16-9-12-5-2-6-22-12/h1-7,13,16,18H,8-9H2,(H,17,21)(H,19,20)/t13-/m0/s1. The summed E-state index contributed by atoms with van der Waals surface area (Å²) in [6, 6.07) is 8.60. The zero-order valence-corrected chi connectivity index (χ0v) is 11.7. The highest BCUT2D eigenvalue weighted by Crippen LogP contribution is 2.15. The van der Waals surface area contributed by atoms with Crippen molar-refractivity contribution >= 4 is 17.6 Å².